The monoisotopic (exact) mass is 229 g/mol. The SMILES string of the molecule is COC(=O)[C@H]1[C@H]([C@H](C)O)ON2CCCC[C@H]12. The fourth-order valence-electron chi connectivity index (χ4n) is 2.68. The second-order valence-corrected chi connectivity index (χ2v) is 4.56. The van der Waals surface area contributed by atoms with Crippen LogP contribution < -0.4 is 0 Å². The van der Waals surface area contributed by atoms with Crippen molar-refractivity contribution < 1.29 is 19.5 Å². The number of aliphatic hydroxyl groups is 1. The lowest BCUT2D eigenvalue weighted by Gasteiger charge is -2.28. The van der Waals surface area contributed by atoms with E-state index in [9.17, 15) is 9.90 Å². The van der Waals surface area contributed by atoms with Gasteiger partial charge < -0.3 is 9.84 Å². The van der Waals surface area contributed by atoms with Crippen molar-refractivity contribution in [2.24, 2.45) is 5.92 Å². The molecule has 0 saturated carbocycles. The van der Waals surface area contributed by atoms with Gasteiger partial charge in [0.05, 0.1) is 19.3 Å². The largest absolute Gasteiger partial charge is 0.469 e. The fourth-order valence-corrected chi connectivity index (χ4v) is 2.68. The van der Waals surface area contributed by atoms with Gasteiger partial charge in [-0.1, -0.05) is 6.42 Å². The van der Waals surface area contributed by atoms with Crippen molar-refractivity contribution in [1.82, 2.24) is 5.06 Å². The van der Waals surface area contributed by atoms with Gasteiger partial charge >= 0.3 is 5.97 Å². The quantitative estimate of drug-likeness (QED) is 0.691. The summed E-state index contributed by atoms with van der Waals surface area (Å²) in [6.45, 7) is 2.49. The van der Waals surface area contributed by atoms with Crippen LogP contribution in [0.25, 0.3) is 0 Å². The molecule has 92 valence electrons. The van der Waals surface area contributed by atoms with Gasteiger partial charge in [0.15, 0.2) is 0 Å². The highest BCUT2D eigenvalue weighted by molar-refractivity contribution is 5.74. The molecule has 0 unspecified atom stereocenters. The summed E-state index contributed by atoms with van der Waals surface area (Å²) >= 11 is 0. The number of hydroxylamine groups is 2. The van der Waals surface area contributed by atoms with Crippen LogP contribution in [0.4, 0.5) is 0 Å². The van der Waals surface area contributed by atoms with E-state index in [1.54, 1.807) is 6.92 Å². The number of carbonyl (C=O) groups excluding carboxylic acids is 1. The predicted octanol–water partition coefficient (Wildman–Crippen LogP) is 0.325. The number of aliphatic hydroxyl groups excluding tert-OH is 1. The molecule has 0 aliphatic carbocycles. The van der Waals surface area contributed by atoms with Gasteiger partial charge in [0.25, 0.3) is 0 Å². The third kappa shape index (κ3) is 1.95. The number of methoxy groups -OCH3 is 1. The molecular weight excluding hydrogens is 210 g/mol. The molecule has 5 heteroatoms. The highest BCUT2D eigenvalue weighted by Crippen LogP contribution is 2.36. The van der Waals surface area contributed by atoms with Crippen LogP contribution in [0.3, 0.4) is 0 Å². The van der Waals surface area contributed by atoms with Crippen molar-refractivity contribution in [3.05, 3.63) is 0 Å². The van der Waals surface area contributed by atoms with Crippen molar-refractivity contribution in [3.63, 3.8) is 0 Å². The van der Waals surface area contributed by atoms with E-state index in [1.807, 2.05) is 5.06 Å². The van der Waals surface area contributed by atoms with Gasteiger partial charge in [0.1, 0.15) is 12.0 Å². The standard InChI is InChI=1S/C11H19NO4/c1-7(13)10-9(11(14)15-2)8-5-3-4-6-12(8)16-10/h7-10,13H,3-6H2,1-2H3/t7-,8+,9+,10-/m0/s1. The van der Waals surface area contributed by atoms with Crippen LogP contribution in [0.5, 0.6) is 0 Å². The molecule has 0 spiro atoms. The number of carbonyl (C=O) groups is 1. The average Bonchev–Trinajstić information content (AvgIpc) is 2.67. The summed E-state index contributed by atoms with van der Waals surface area (Å²) < 4.78 is 4.81. The van der Waals surface area contributed by atoms with Gasteiger partial charge in [-0.3, -0.25) is 9.63 Å². The van der Waals surface area contributed by atoms with Crippen molar-refractivity contribution in [3.8, 4) is 0 Å². The summed E-state index contributed by atoms with van der Waals surface area (Å²) in [6.07, 6.45) is 2.00. The Morgan fingerprint density at radius 2 is 2.31 bits per heavy atom. The third-order valence-corrected chi connectivity index (χ3v) is 3.47. The summed E-state index contributed by atoms with van der Waals surface area (Å²) in [5.74, 6) is -0.634. The van der Waals surface area contributed by atoms with Crippen LogP contribution in [-0.4, -0.2) is 48.0 Å². The average molecular weight is 229 g/mol. The summed E-state index contributed by atoms with van der Waals surface area (Å²) in [5, 5.41) is 11.5. The second-order valence-electron chi connectivity index (χ2n) is 4.56. The minimum atomic E-state index is -0.658. The van der Waals surface area contributed by atoms with E-state index < -0.39 is 12.2 Å². The van der Waals surface area contributed by atoms with E-state index in [4.69, 9.17) is 9.57 Å². The molecule has 2 rings (SSSR count). The zero-order valence-electron chi connectivity index (χ0n) is 9.76. The molecule has 2 fully saturated rings. The van der Waals surface area contributed by atoms with Gasteiger partial charge in [0, 0.05) is 6.54 Å². The van der Waals surface area contributed by atoms with Crippen molar-refractivity contribution in [2.45, 2.75) is 44.4 Å². The number of rotatable bonds is 2. The number of piperidine rings is 1. The Morgan fingerprint density at radius 3 is 2.94 bits per heavy atom. The maximum Gasteiger partial charge on any atom is 0.313 e. The normalized spacial score (nSPS) is 36.8. The van der Waals surface area contributed by atoms with Gasteiger partial charge in [-0.05, 0) is 19.8 Å². The van der Waals surface area contributed by atoms with Gasteiger partial charge in [-0.2, -0.15) is 5.06 Å². The smallest absolute Gasteiger partial charge is 0.313 e. The number of hydrogen-bond acceptors (Lipinski definition) is 5. The third-order valence-electron chi connectivity index (χ3n) is 3.47. The Bertz CT molecular complexity index is 267. The Morgan fingerprint density at radius 1 is 1.56 bits per heavy atom. The first kappa shape index (κ1) is 11.8. The van der Waals surface area contributed by atoms with E-state index in [0.717, 1.165) is 25.8 Å². The summed E-state index contributed by atoms with van der Waals surface area (Å²) in [5.41, 5.74) is 0. The zero-order valence-corrected chi connectivity index (χ0v) is 9.76. The molecule has 0 radical (unpaired) electrons. The van der Waals surface area contributed by atoms with Crippen LogP contribution >= 0.6 is 0 Å². The molecule has 5 nitrogen and oxygen atoms in total. The number of fused-ring (bicyclic) bond motifs is 1. The van der Waals surface area contributed by atoms with E-state index in [0.29, 0.717) is 0 Å². The van der Waals surface area contributed by atoms with E-state index in [-0.39, 0.29) is 17.9 Å². The van der Waals surface area contributed by atoms with E-state index in [2.05, 4.69) is 0 Å². The Hall–Kier alpha value is -0.650. The van der Waals surface area contributed by atoms with Gasteiger partial charge in [-0.25, -0.2) is 0 Å². The molecule has 2 saturated heterocycles. The van der Waals surface area contributed by atoms with E-state index in [1.165, 1.54) is 7.11 Å². The fraction of sp³-hybridized carbons (Fsp3) is 0.909. The van der Waals surface area contributed by atoms with Crippen LogP contribution in [0.1, 0.15) is 26.2 Å². The molecule has 0 aromatic rings. The molecule has 2 aliphatic rings. The number of ether oxygens (including phenoxy) is 1. The van der Waals surface area contributed by atoms with Crippen LogP contribution in [0, 0.1) is 5.92 Å². The Labute approximate surface area is 95.3 Å². The second kappa shape index (κ2) is 4.69. The molecule has 0 aromatic heterocycles. The van der Waals surface area contributed by atoms with Crippen LogP contribution in [0.15, 0.2) is 0 Å². The zero-order chi connectivity index (χ0) is 11.7. The Kier molecular flexibility index (Phi) is 3.47. The lowest BCUT2D eigenvalue weighted by Crippen LogP contribution is -2.41. The number of hydrogen-bond donors (Lipinski definition) is 1. The van der Waals surface area contributed by atoms with E-state index >= 15 is 0 Å². The molecule has 1 N–H and O–H groups in total. The Balaban J connectivity index is 2.17. The van der Waals surface area contributed by atoms with Crippen LogP contribution in [0.2, 0.25) is 0 Å². The molecular formula is C11H19NO4. The lowest BCUT2D eigenvalue weighted by molar-refractivity contribution is -0.191. The molecule has 0 aromatic carbocycles. The summed E-state index contributed by atoms with van der Waals surface area (Å²) in [7, 11) is 1.38. The van der Waals surface area contributed by atoms with Crippen molar-refractivity contribution >= 4 is 5.97 Å². The first-order valence-corrected chi connectivity index (χ1v) is 5.84. The minimum Gasteiger partial charge on any atom is -0.469 e. The first-order valence-electron chi connectivity index (χ1n) is 5.84. The summed E-state index contributed by atoms with van der Waals surface area (Å²) in [6, 6.07) is 0.0702. The maximum absolute atomic E-state index is 11.7. The highest BCUT2D eigenvalue weighted by Gasteiger charge is 2.50. The molecule has 4 atom stereocenters. The number of nitrogens with zero attached hydrogens (tertiary/aromatic N) is 1. The van der Waals surface area contributed by atoms with Crippen LogP contribution in [-0.2, 0) is 14.4 Å². The predicted molar refractivity (Wildman–Crippen MR) is 56.4 cm³/mol. The van der Waals surface area contributed by atoms with Gasteiger partial charge in [-0.15, -0.1) is 0 Å². The maximum atomic E-state index is 11.7. The van der Waals surface area contributed by atoms with Crippen molar-refractivity contribution in [2.75, 3.05) is 13.7 Å². The first-order chi connectivity index (χ1) is 7.65. The highest BCUT2D eigenvalue weighted by atomic mass is 16.7. The molecule has 16 heavy (non-hydrogen) atoms. The molecule has 2 heterocycles. The number of esters is 1. The molecule has 0 bridgehead atoms. The lowest BCUT2D eigenvalue weighted by atomic mass is 9.87. The summed E-state index contributed by atoms with van der Waals surface area (Å²) in [4.78, 5) is 17.4. The minimum absolute atomic E-state index is 0.0702. The van der Waals surface area contributed by atoms with Crippen molar-refractivity contribution in [1.29, 1.82) is 0 Å². The molecule has 0 amide bonds. The topological polar surface area (TPSA) is 59.0 Å². The molecule has 2 aliphatic heterocycles. The van der Waals surface area contributed by atoms with Gasteiger partial charge in [0.2, 0.25) is 0 Å².